The summed E-state index contributed by atoms with van der Waals surface area (Å²) in [7, 11) is 0. The zero-order valence-electron chi connectivity index (χ0n) is 13.8. The van der Waals surface area contributed by atoms with Crippen molar-refractivity contribution in [2.45, 2.75) is 0 Å². The first kappa shape index (κ1) is 16.4. The number of hydrogen-bond donors (Lipinski definition) is 0. The fourth-order valence-electron chi connectivity index (χ4n) is 2.18. The molecule has 25 heavy (non-hydrogen) atoms. The third-order valence-electron chi connectivity index (χ3n) is 3.41. The molecule has 120 valence electrons. The van der Waals surface area contributed by atoms with Crippen LogP contribution >= 0.6 is 0 Å². The fraction of sp³-hybridized carbons (Fsp3) is 0. The Hall–Kier alpha value is -3.50. The van der Waals surface area contributed by atoms with Crippen LogP contribution in [0.3, 0.4) is 0 Å². The van der Waals surface area contributed by atoms with Crippen LogP contribution in [0.15, 0.2) is 109 Å². The summed E-state index contributed by atoms with van der Waals surface area (Å²) in [6, 6.07) is 29.7. The molecule has 0 atom stereocenters. The lowest BCUT2D eigenvalue weighted by Gasteiger charge is -2.03. The van der Waals surface area contributed by atoms with Crippen LogP contribution in [0.4, 0.5) is 0 Å². The highest BCUT2D eigenvalue weighted by Crippen LogP contribution is 2.13. The van der Waals surface area contributed by atoms with Crippen molar-refractivity contribution in [3.63, 3.8) is 0 Å². The second-order valence-corrected chi connectivity index (χ2v) is 5.33. The van der Waals surface area contributed by atoms with Gasteiger partial charge in [-0.3, -0.25) is 0 Å². The average molecular weight is 322 g/mol. The number of benzene rings is 3. The predicted molar refractivity (Wildman–Crippen MR) is 104 cm³/mol. The summed E-state index contributed by atoms with van der Waals surface area (Å²) < 4.78 is 5.91. The maximum Gasteiger partial charge on any atom is 0.177 e. The first-order valence-electron chi connectivity index (χ1n) is 8.13. The van der Waals surface area contributed by atoms with Gasteiger partial charge in [0.25, 0.3) is 0 Å². The zero-order chi connectivity index (χ0) is 17.2. The Kier molecular flexibility index (Phi) is 5.86. The molecule has 0 radical (unpaired) electrons. The molecule has 0 aliphatic carbocycles. The molecule has 3 rings (SSSR count). The third kappa shape index (κ3) is 5.57. The molecule has 0 bridgehead atoms. The highest BCUT2D eigenvalue weighted by atomic mass is 16.5. The lowest BCUT2D eigenvalue weighted by molar-refractivity contribution is 0.450. The van der Waals surface area contributed by atoms with Crippen LogP contribution in [0.1, 0.15) is 11.1 Å². The van der Waals surface area contributed by atoms with Gasteiger partial charge in [-0.15, -0.1) is 0 Å². The van der Waals surface area contributed by atoms with E-state index in [0.717, 1.165) is 16.9 Å². The van der Waals surface area contributed by atoms with Crippen molar-refractivity contribution < 1.29 is 4.74 Å². The van der Waals surface area contributed by atoms with Gasteiger partial charge < -0.3 is 4.74 Å². The minimum absolute atomic E-state index is 0.599. The monoisotopic (exact) mass is 322 g/mol. The van der Waals surface area contributed by atoms with E-state index in [4.69, 9.17) is 4.74 Å². The van der Waals surface area contributed by atoms with Gasteiger partial charge in [0, 0.05) is 5.56 Å². The molecule has 0 saturated carbocycles. The molecule has 0 spiro atoms. The first-order chi connectivity index (χ1) is 12.4. The number of para-hydroxylation sites is 1. The summed E-state index contributed by atoms with van der Waals surface area (Å²) >= 11 is 0. The fourth-order valence-corrected chi connectivity index (χ4v) is 2.18. The lowest BCUT2D eigenvalue weighted by atomic mass is 10.2. The summed E-state index contributed by atoms with van der Waals surface area (Å²) in [4.78, 5) is 0. The molecule has 0 amide bonds. The van der Waals surface area contributed by atoms with E-state index in [9.17, 15) is 0 Å². The number of allylic oxidation sites excluding steroid dienone is 3. The van der Waals surface area contributed by atoms with Crippen molar-refractivity contribution in [2.24, 2.45) is 0 Å². The Morgan fingerprint density at radius 1 is 0.720 bits per heavy atom. The molecule has 0 unspecified atom stereocenters. The molecule has 0 aliphatic heterocycles. The second kappa shape index (κ2) is 8.96. The van der Waals surface area contributed by atoms with Gasteiger partial charge in [0.15, 0.2) is 5.76 Å². The number of hydrogen-bond acceptors (Lipinski definition) is 1. The Morgan fingerprint density at radius 3 is 2.00 bits per heavy atom. The standard InChI is InChI=1S/C24H18O/c1-4-11-21(12-5-1)15-10-18-24(25-23-16-8-3-9-17-23)20-19-22-13-6-2-7-14-22/h1-18H/b15-10+,24-18-. The molecule has 1 heteroatoms. The van der Waals surface area contributed by atoms with Gasteiger partial charge in [-0.25, -0.2) is 0 Å². The van der Waals surface area contributed by atoms with E-state index in [1.165, 1.54) is 0 Å². The third-order valence-corrected chi connectivity index (χ3v) is 3.41. The minimum atomic E-state index is 0.599. The molecule has 3 aromatic carbocycles. The van der Waals surface area contributed by atoms with Crippen LogP contribution in [-0.4, -0.2) is 0 Å². The van der Waals surface area contributed by atoms with Crippen molar-refractivity contribution in [2.75, 3.05) is 0 Å². The first-order valence-corrected chi connectivity index (χ1v) is 8.13. The van der Waals surface area contributed by atoms with Crippen LogP contribution < -0.4 is 4.74 Å². The van der Waals surface area contributed by atoms with Crippen LogP contribution in [0.5, 0.6) is 5.75 Å². The quantitative estimate of drug-likeness (QED) is 0.339. The van der Waals surface area contributed by atoms with Crippen molar-refractivity contribution in [3.05, 3.63) is 120 Å². The Morgan fingerprint density at radius 2 is 1.32 bits per heavy atom. The molecule has 3 aromatic rings. The summed E-state index contributed by atoms with van der Waals surface area (Å²) in [5.74, 6) is 7.61. The molecule has 1 nitrogen and oxygen atoms in total. The van der Waals surface area contributed by atoms with Gasteiger partial charge in [-0.2, -0.15) is 0 Å². The van der Waals surface area contributed by atoms with E-state index < -0.39 is 0 Å². The van der Waals surface area contributed by atoms with Gasteiger partial charge in [0.05, 0.1) is 0 Å². The number of rotatable bonds is 4. The molecule has 0 aliphatic rings. The molecule has 0 fully saturated rings. The van der Waals surface area contributed by atoms with Crippen LogP contribution in [0.25, 0.3) is 6.08 Å². The van der Waals surface area contributed by atoms with E-state index in [1.54, 1.807) is 0 Å². The van der Waals surface area contributed by atoms with Gasteiger partial charge in [0.1, 0.15) is 5.75 Å². The lowest BCUT2D eigenvalue weighted by Crippen LogP contribution is -1.92. The minimum Gasteiger partial charge on any atom is -0.448 e. The topological polar surface area (TPSA) is 9.23 Å². The number of ether oxygens (including phenoxy) is 1. The zero-order valence-corrected chi connectivity index (χ0v) is 13.8. The summed E-state index contributed by atoms with van der Waals surface area (Å²) in [5, 5.41) is 0. The van der Waals surface area contributed by atoms with Crippen LogP contribution in [-0.2, 0) is 0 Å². The van der Waals surface area contributed by atoms with E-state index in [-0.39, 0.29) is 0 Å². The molecule has 0 heterocycles. The van der Waals surface area contributed by atoms with E-state index in [1.807, 2.05) is 97.1 Å². The average Bonchev–Trinajstić information content (AvgIpc) is 2.68. The molecular weight excluding hydrogens is 304 g/mol. The van der Waals surface area contributed by atoms with Crippen molar-refractivity contribution in [1.29, 1.82) is 0 Å². The van der Waals surface area contributed by atoms with Crippen LogP contribution in [0.2, 0.25) is 0 Å². The SMILES string of the molecule is C(#Cc1ccccc1)/C(=C/C=C/c1ccccc1)Oc1ccccc1. The van der Waals surface area contributed by atoms with Crippen molar-refractivity contribution >= 4 is 6.08 Å². The highest BCUT2D eigenvalue weighted by Gasteiger charge is 1.96. The maximum absolute atomic E-state index is 5.91. The summed E-state index contributed by atoms with van der Waals surface area (Å²) in [6.07, 6.45) is 5.86. The van der Waals surface area contributed by atoms with Gasteiger partial charge in [-0.1, -0.05) is 84.8 Å². The summed E-state index contributed by atoms with van der Waals surface area (Å²) in [6.45, 7) is 0. The molecule has 0 N–H and O–H groups in total. The van der Waals surface area contributed by atoms with Gasteiger partial charge in [-0.05, 0) is 41.8 Å². The normalized spacial score (nSPS) is 11.0. The second-order valence-electron chi connectivity index (χ2n) is 5.33. The largest absolute Gasteiger partial charge is 0.448 e. The van der Waals surface area contributed by atoms with Gasteiger partial charge in [0.2, 0.25) is 0 Å². The summed E-state index contributed by atoms with van der Waals surface area (Å²) in [5.41, 5.74) is 2.09. The van der Waals surface area contributed by atoms with Gasteiger partial charge >= 0.3 is 0 Å². The Balaban J connectivity index is 1.82. The van der Waals surface area contributed by atoms with Crippen molar-refractivity contribution in [1.82, 2.24) is 0 Å². The highest BCUT2D eigenvalue weighted by molar-refractivity contribution is 5.52. The predicted octanol–water partition coefficient (Wildman–Crippen LogP) is 5.71. The van der Waals surface area contributed by atoms with E-state index >= 15 is 0 Å². The van der Waals surface area contributed by atoms with Crippen molar-refractivity contribution in [3.8, 4) is 17.6 Å². The molecule has 0 saturated heterocycles. The maximum atomic E-state index is 5.91. The molecular formula is C24H18O. The van der Waals surface area contributed by atoms with E-state index in [0.29, 0.717) is 5.76 Å². The Bertz CT molecular complexity index is 896. The van der Waals surface area contributed by atoms with Crippen LogP contribution in [0, 0.1) is 11.8 Å². The van der Waals surface area contributed by atoms with E-state index in [2.05, 4.69) is 24.0 Å². The molecule has 0 aromatic heterocycles. The Labute approximate surface area is 148 Å². The smallest absolute Gasteiger partial charge is 0.177 e.